The van der Waals surface area contributed by atoms with Crippen LogP contribution < -0.4 is 10.2 Å². The van der Waals surface area contributed by atoms with Crippen LogP contribution in [0.5, 0.6) is 0 Å². The number of hydrogen-bond donors (Lipinski definition) is 1. The van der Waals surface area contributed by atoms with E-state index in [1.54, 1.807) is 4.90 Å². The van der Waals surface area contributed by atoms with Gasteiger partial charge in [0.15, 0.2) is 0 Å². The molecule has 2 amide bonds. The Morgan fingerprint density at radius 2 is 1.50 bits per heavy atom. The molecule has 4 rings (SSSR count). The van der Waals surface area contributed by atoms with Crippen LogP contribution in [0.2, 0.25) is 0 Å². The number of rotatable bonds is 3. The van der Waals surface area contributed by atoms with E-state index >= 15 is 0 Å². The molecule has 0 saturated heterocycles. The highest BCUT2D eigenvalue weighted by Crippen LogP contribution is 2.65. The highest BCUT2D eigenvalue weighted by molar-refractivity contribution is 5.99. The van der Waals surface area contributed by atoms with E-state index in [4.69, 9.17) is 0 Å². The van der Waals surface area contributed by atoms with Crippen LogP contribution in [0.25, 0.3) is 0 Å². The molecule has 3 nitrogen and oxygen atoms in total. The number of anilines is 2. The molecule has 26 heavy (non-hydrogen) atoms. The topological polar surface area (TPSA) is 32.3 Å². The molecule has 1 N–H and O–H groups in total. The number of nitrogens with one attached hydrogen (secondary N) is 1. The zero-order valence-corrected chi connectivity index (χ0v) is 15.9. The van der Waals surface area contributed by atoms with Crippen molar-refractivity contribution in [2.24, 2.45) is 23.2 Å². The molecular weight excluding hydrogens is 320 g/mol. The van der Waals surface area contributed by atoms with Crippen LogP contribution >= 0.6 is 0 Å². The smallest absolute Gasteiger partial charge is 0.326 e. The van der Waals surface area contributed by atoms with Crippen LogP contribution in [0.1, 0.15) is 33.6 Å². The van der Waals surface area contributed by atoms with Gasteiger partial charge in [-0.3, -0.25) is 4.90 Å². The minimum absolute atomic E-state index is 0.0254. The van der Waals surface area contributed by atoms with Crippen molar-refractivity contribution in [2.45, 2.75) is 39.7 Å². The molecule has 136 valence electrons. The summed E-state index contributed by atoms with van der Waals surface area (Å²) in [7, 11) is 0. The fourth-order valence-electron chi connectivity index (χ4n) is 5.00. The van der Waals surface area contributed by atoms with E-state index in [2.05, 4.69) is 26.1 Å². The molecule has 0 heterocycles. The second kappa shape index (κ2) is 6.46. The lowest BCUT2D eigenvalue weighted by molar-refractivity contribution is 0.223. The predicted molar refractivity (Wildman–Crippen MR) is 107 cm³/mol. The summed E-state index contributed by atoms with van der Waals surface area (Å²) >= 11 is 0. The minimum Gasteiger partial charge on any atom is -0.334 e. The molecule has 0 aromatic heterocycles. The molecule has 0 radical (unpaired) electrons. The van der Waals surface area contributed by atoms with Gasteiger partial charge in [-0.25, -0.2) is 4.79 Å². The molecule has 0 spiro atoms. The summed E-state index contributed by atoms with van der Waals surface area (Å²) in [5, 5.41) is 3.40. The molecule has 0 bridgehead atoms. The second-order valence-electron chi connectivity index (χ2n) is 8.49. The number of hydrogen-bond acceptors (Lipinski definition) is 1. The summed E-state index contributed by atoms with van der Waals surface area (Å²) in [5.74, 6) is 1.88. The van der Waals surface area contributed by atoms with Crippen molar-refractivity contribution in [1.82, 2.24) is 5.32 Å². The molecule has 2 aliphatic rings. The van der Waals surface area contributed by atoms with Gasteiger partial charge in [-0.1, -0.05) is 57.2 Å². The molecule has 2 fully saturated rings. The van der Waals surface area contributed by atoms with Crippen molar-refractivity contribution in [2.75, 3.05) is 4.90 Å². The van der Waals surface area contributed by atoms with Crippen LogP contribution in [0.3, 0.4) is 0 Å². The van der Waals surface area contributed by atoms with Crippen molar-refractivity contribution in [3.63, 3.8) is 0 Å². The van der Waals surface area contributed by atoms with E-state index in [1.165, 1.54) is 12.8 Å². The normalized spacial score (nSPS) is 28.7. The Morgan fingerprint density at radius 3 is 2.04 bits per heavy atom. The number of urea groups is 1. The molecule has 0 aliphatic heterocycles. The maximum atomic E-state index is 13.3. The van der Waals surface area contributed by atoms with Crippen LogP contribution in [0, 0.1) is 23.2 Å². The predicted octanol–water partition coefficient (Wildman–Crippen LogP) is 5.61. The van der Waals surface area contributed by atoms with Gasteiger partial charge in [0, 0.05) is 6.04 Å². The molecule has 4 atom stereocenters. The fraction of sp³-hybridized carbons (Fsp3) is 0.435. The molecule has 2 aromatic rings. The SMILES string of the molecule is CC1CCC2C(C1NC(=O)N(c1ccccc1)c1ccccc1)C2(C)C. The standard InChI is InChI=1S/C23H28N2O/c1-16-14-15-19-20(23(19,2)3)21(16)24-22(26)25(17-10-6-4-7-11-17)18-12-8-5-9-13-18/h4-13,16,19-21H,14-15H2,1-3H3,(H,24,26). The maximum absolute atomic E-state index is 13.3. The van der Waals surface area contributed by atoms with E-state index in [0.29, 0.717) is 17.3 Å². The van der Waals surface area contributed by atoms with Crippen LogP contribution in [-0.4, -0.2) is 12.1 Å². The number of fused-ring (bicyclic) bond motifs is 1. The highest BCUT2D eigenvalue weighted by atomic mass is 16.2. The van der Waals surface area contributed by atoms with Crippen LogP contribution in [-0.2, 0) is 0 Å². The average molecular weight is 348 g/mol. The average Bonchev–Trinajstić information content (AvgIpc) is 3.21. The van der Waals surface area contributed by atoms with Gasteiger partial charge in [-0.05, 0) is 60.3 Å². The largest absolute Gasteiger partial charge is 0.334 e. The Balaban J connectivity index is 1.61. The van der Waals surface area contributed by atoms with Gasteiger partial charge in [-0.2, -0.15) is 0 Å². The summed E-state index contributed by atoms with van der Waals surface area (Å²) in [6.45, 7) is 6.99. The zero-order chi connectivity index (χ0) is 18.3. The quantitative estimate of drug-likeness (QED) is 0.769. The number of benzene rings is 2. The van der Waals surface area contributed by atoms with Crippen LogP contribution in [0.15, 0.2) is 60.7 Å². The van der Waals surface area contributed by atoms with E-state index < -0.39 is 0 Å². The van der Waals surface area contributed by atoms with Crippen molar-refractivity contribution >= 4 is 17.4 Å². The molecule has 2 aromatic carbocycles. The lowest BCUT2D eigenvalue weighted by Gasteiger charge is -2.32. The Kier molecular flexibility index (Phi) is 4.26. The number of nitrogens with zero attached hydrogens (tertiary/aromatic N) is 1. The van der Waals surface area contributed by atoms with E-state index in [0.717, 1.165) is 17.3 Å². The Morgan fingerprint density at radius 1 is 0.962 bits per heavy atom. The Labute approximate surface area is 156 Å². The Bertz CT molecular complexity index is 732. The molecule has 3 heteroatoms. The first-order chi connectivity index (χ1) is 12.5. The van der Waals surface area contributed by atoms with E-state index in [1.807, 2.05) is 60.7 Å². The van der Waals surface area contributed by atoms with Crippen molar-refractivity contribution in [3.8, 4) is 0 Å². The van der Waals surface area contributed by atoms with Gasteiger partial charge < -0.3 is 5.32 Å². The van der Waals surface area contributed by atoms with Gasteiger partial charge in [0.1, 0.15) is 0 Å². The van der Waals surface area contributed by atoms with Gasteiger partial charge >= 0.3 is 6.03 Å². The first kappa shape index (κ1) is 17.1. The summed E-state index contributed by atoms with van der Waals surface area (Å²) in [4.78, 5) is 15.1. The third kappa shape index (κ3) is 2.90. The van der Waals surface area contributed by atoms with Gasteiger partial charge in [-0.15, -0.1) is 0 Å². The first-order valence-electron chi connectivity index (χ1n) is 9.71. The van der Waals surface area contributed by atoms with Gasteiger partial charge in [0.05, 0.1) is 11.4 Å². The number of carbonyl (C=O) groups excluding carboxylic acids is 1. The third-order valence-electron chi connectivity index (χ3n) is 6.59. The monoisotopic (exact) mass is 348 g/mol. The number of para-hydroxylation sites is 2. The first-order valence-corrected chi connectivity index (χ1v) is 9.71. The molecule has 4 unspecified atom stereocenters. The van der Waals surface area contributed by atoms with Gasteiger partial charge in [0.2, 0.25) is 0 Å². The fourth-order valence-corrected chi connectivity index (χ4v) is 5.00. The number of carbonyl (C=O) groups is 1. The van der Waals surface area contributed by atoms with E-state index in [9.17, 15) is 4.79 Å². The second-order valence-corrected chi connectivity index (χ2v) is 8.49. The zero-order valence-electron chi connectivity index (χ0n) is 15.9. The van der Waals surface area contributed by atoms with Crippen LogP contribution in [0.4, 0.5) is 16.2 Å². The lowest BCUT2D eigenvalue weighted by atomic mass is 9.85. The van der Waals surface area contributed by atoms with Gasteiger partial charge in [0.25, 0.3) is 0 Å². The maximum Gasteiger partial charge on any atom is 0.326 e. The summed E-state index contributed by atoms with van der Waals surface area (Å²) in [6, 6.07) is 20.0. The Hall–Kier alpha value is -2.29. The highest BCUT2D eigenvalue weighted by Gasteiger charge is 2.63. The van der Waals surface area contributed by atoms with Crippen molar-refractivity contribution in [1.29, 1.82) is 0 Å². The summed E-state index contributed by atoms with van der Waals surface area (Å²) < 4.78 is 0. The third-order valence-corrected chi connectivity index (χ3v) is 6.59. The molecule has 2 saturated carbocycles. The minimum atomic E-state index is -0.0254. The summed E-state index contributed by atoms with van der Waals surface area (Å²) in [6.07, 6.45) is 2.50. The summed E-state index contributed by atoms with van der Waals surface area (Å²) in [5.41, 5.74) is 2.14. The lowest BCUT2D eigenvalue weighted by Crippen LogP contribution is -2.48. The molecule has 2 aliphatic carbocycles. The van der Waals surface area contributed by atoms with Crippen molar-refractivity contribution < 1.29 is 4.79 Å². The van der Waals surface area contributed by atoms with E-state index in [-0.39, 0.29) is 12.1 Å². The van der Waals surface area contributed by atoms with Crippen molar-refractivity contribution in [3.05, 3.63) is 60.7 Å². The number of amides is 2. The molecular formula is C23H28N2O.